The smallest absolute Gasteiger partial charge is 0.311 e. The van der Waals surface area contributed by atoms with Gasteiger partial charge >= 0.3 is 5.97 Å². The first-order valence-electron chi connectivity index (χ1n) is 9.15. The second kappa shape index (κ2) is 7.56. The fourth-order valence-corrected chi connectivity index (χ4v) is 4.15. The van der Waals surface area contributed by atoms with Crippen molar-refractivity contribution in [2.24, 2.45) is 5.41 Å². The van der Waals surface area contributed by atoms with E-state index in [0.717, 1.165) is 36.9 Å². The lowest BCUT2D eigenvalue weighted by molar-refractivity contribution is -0.152. The molecular formula is C18H27N3O4. The largest absolute Gasteiger partial charge is 0.481 e. The molecule has 3 rings (SSSR count). The number of hydrogen-bond acceptors (Lipinski definition) is 4. The monoisotopic (exact) mass is 349 g/mol. The summed E-state index contributed by atoms with van der Waals surface area (Å²) in [6, 6.07) is 0. The van der Waals surface area contributed by atoms with E-state index in [0.29, 0.717) is 44.5 Å². The zero-order chi connectivity index (χ0) is 17.9. The quantitative estimate of drug-likeness (QED) is 0.766. The molecule has 0 bridgehead atoms. The van der Waals surface area contributed by atoms with Gasteiger partial charge in [0.25, 0.3) is 5.91 Å². The van der Waals surface area contributed by atoms with Gasteiger partial charge in [-0.2, -0.15) is 5.10 Å². The molecular weight excluding hydrogens is 322 g/mol. The number of nitrogens with zero attached hydrogens (tertiary/aromatic N) is 2. The minimum Gasteiger partial charge on any atom is -0.481 e. The zero-order valence-corrected chi connectivity index (χ0v) is 14.8. The molecule has 0 spiro atoms. The van der Waals surface area contributed by atoms with E-state index < -0.39 is 11.4 Å². The van der Waals surface area contributed by atoms with Gasteiger partial charge in [0.05, 0.1) is 5.41 Å². The predicted octanol–water partition coefficient (Wildman–Crippen LogP) is 2.02. The average Bonchev–Trinajstić information content (AvgIpc) is 3.05. The maximum atomic E-state index is 13.0. The average molecular weight is 349 g/mol. The highest BCUT2D eigenvalue weighted by Gasteiger charge is 2.43. The summed E-state index contributed by atoms with van der Waals surface area (Å²) >= 11 is 0. The number of aliphatic carboxylic acids is 1. The van der Waals surface area contributed by atoms with Crippen molar-refractivity contribution in [3.63, 3.8) is 0 Å². The number of carboxylic acid groups (broad SMARTS) is 1. The molecule has 1 amide bonds. The summed E-state index contributed by atoms with van der Waals surface area (Å²) in [6.45, 7) is 1.39. The number of rotatable bonds is 6. The molecule has 1 atom stereocenters. The number of piperidine rings is 1. The van der Waals surface area contributed by atoms with Crippen molar-refractivity contribution in [3.05, 3.63) is 17.0 Å². The molecule has 7 heteroatoms. The predicted molar refractivity (Wildman–Crippen MR) is 91.5 cm³/mol. The Morgan fingerprint density at radius 3 is 2.88 bits per heavy atom. The topological polar surface area (TPSA) is 95.5 Å². The van der Waals surface area contributed by atoms with Crippen molar-refractivity contribution >= 4 is 11.9 Å². The van der Waals surface area contributed by atoms with Crippen molar-refractivity contribution in [2.45, 2.75) is 51.4 Å². The molecule has 1 aromatic rings. The number of aryl methyl sites for hydroxylation is 1. The number of aromatic amines is 1. The number of nitrogens with one attached hydrogen (secondary N) is 1. The summed E-state index contributed by atoms with van der Waals surface area (Å²) in [5, 5.41) is 17.1. The van der Waals surface area contributed by atoms with E-state index in [1.54, 1.807) is 12.0 Å². The van der Waals surface area contributed by atoms with Crippen LogP contribution in [0, 0.1) is 5.41 Å². The van der Waals surface area contributed by atoms with Crippen LogP contribution >= 0.6 is 0 Å². The Balaban J connectivity index is 1.76. The lowest BCUT2D eigenvalue weighted by atomic mass is 9.76. The molecule has 0 saturated carbocycles. The van der Waals surface area contributed by atoms with Gasteiger partial charge in [-0.15, -0.1) is 0 Å². The van der Waals surface area contributed by atoms with E-state index >= 15 is 0 Å². The SMILES string of the molecule is COCCCC1(C(=O)O)CCCN(C(=O)c2n[nH]c3c2CCCC3)C1. The van der Waals surface area contributed by atoms with Crippen LogP contribution in [0.4, 0.5) is 0 Å². The third-order valence-electron chi connectivity index (χ3n) is 5.58. The van der Waals surface area contributed by atoms with Crippen LogP contribution in [0.25, 0.3) is 0 Å². The highest BCUT2D eigenvalue weighted by atomic mass is 16.5. The highest BCUT2D eigenvalue weighted by molar-refractivity contribution is 5.94. The second-order valence-electron chi connectivity index (χ2n) is 7.25. The number of hydrogen-bond donors (Lipinski definition) is 2. The third kappa shape index (κ3) is 3.56. The Morgan fingerprint density at radius 1 is 1.32 bits per heavy atom. The van der Waals surface area contributed by atoms with Gasteiger partial charge in [0.2, 0.25) is 0 Å². The Labute approximate surface area is 147 Å². The Kier molecular flexibility index (Phi) is 5.42. The first kappa shape index (κ1) is 17.9. The fraction of sp³-hybridized carbons (Fsp3) is 0.722. The number of aromatic nitrogens is 2. The van der Waals surface area contributed by atoms with Crippen LogP contribution in [0.5, 0.6) is 0 Å². The standard InChI is InChI=1S/C18H27N3O4/c1-25-11-5-9-18(17(23)24)8-4-10-21(12-18)16(22)15-13-6-2-3-7-14(13)19-20-15/h2-12H2,1H3,(H,19,20)(H,23,24). The maximum Gasteiger partial charge on any atom is 0.311 e. The van der Waals surface area contributed by atoms with Crippen LogP contribution < -0.4 is 0 Å². The lowest BCUT2D eigenvalue weighted by Gasteiger charge is -2.40. The first-order valence-corrected chi connectivity index (χ1v) is 9.15. The molecule has 25 heavy (non-hydrogen) atoms. The molecule has 1 aliphatic carbocycles. The summed E-state index contributed by atoms with van der Waals surface area (Å²) in [7, 11) is 1.62. The normalized spacial score (nSPS) is 23.3. The van der Waals surface area contributed by atoms with E-state index in [4.69, 9.17) is 4.74 Å². The molecule has 0 radical (unpaired) electrons. The van der Waals surface area contributed by atoms with Crippen LogP contribution in [0.15, 0.2) is 0 Å². The van der Waals surface area contributed by atoms with Gasteiger partial charge in [0.15, 0.2) is 5.69 Å². The molecule has 1 unspecified atom stereocenters. The van der Waals surface area contributed by atoms with E-state index in [1.165, 1.54) is 0 Å². The molecule has 1 fully saturated rings. The molecule has 2 aliphatic rings. The minimum atomic E-state index is -0.872. The van der Waals surface area contributed by atoms with Crippen LogP contribution in [0.1, 0.15) is 60.3 Å². The van der Waals surface area contributed by atoms with Crippen LogP contribution in [0.3, 0.4) is 0 Å². The number of H-pyrrole nitrogens is 1. The van der Waals surface area contributed by atoms with Crippen LogP contribution in [-0.4, -0.2) is 58.9 Å². The number of ether oxygens (including phenoxy) is 1. The third-order valence-corrected chi connectivity index (χ3v) is 5.58. The molecule has 138 valence electrons. The molecule has 7 nitrogen and oxygen atoms in total. The van der Waals surface area contributed by atoms with Gasteiger partial charge in [-0.05, 0) is 51.4 Å². The van der Waals surface area contributed by atoms with Gasteiger partial charge in [-0.1, -0.05) is 0 Å². The van der Waals surface area contributed by atoms with Gasteiger partial charge in [0.1, 0.15) is 0 Å². The maximum absolute atomic E-state index is 13.0. The summed E-state index contributed by atoms with van der Waals surface area (Å²) in [4.78, 5) is 26.6. The van der Waals surface area contributed by atoms with Crippen molar-refractivity contribution in [1.82, 2.24) is 15.1 Å². The number of carboxylic acids is 1. The molecule has 1 aromatic heterocycles. The van der Waals surface area contributed by atoms with E-state index in [-0.39, 0.29) is 12.5 Å². The Bertz CT molecular complexity index is 642. The van der Waals surface area contributed by atoms with Crippen LogP contribution in [0.2, 0.25) is 0 Å². The lowest BCUT2D eigenvalue weighted by Crippen LogP contribution is -2.50. The summed E-state index contributed by atoms with van der Waals surface area (Å²) in [5.41, 5.74) is 1.72. The van der Waals surface area contributed by atoms with Crippen molar-refractivity contribution < 1.29 is 19.4 Å². The van der Waals surface area contributed by atoms with E-state index in [1.807, 2.05) is 0 Å². The second-order valence-corrected chi connectivity index (χ2v) is 7.25. The number of carbonyl (C=O) groups excluding carboxylic acids is 1. The zero-order valence-electron chi connectivity index (χ0n) is 14.8. The molecule has 1 saturated heterocycles. The Morgan fingerprint density at radius 2 is 2.12 bits per heavy atom. The van der Waals surface area contributed by atoms with Crippen molar-refractivity contribution in [1.29, 1.82) is 0 Å². The summed E-state index contributed by atoms with van der Waals surface area (Å²) in [5.74, 6) is -0.943. The molecule has 2 N–H and O–H groups in total. The van der Waals surface area contributed by atoms with Crippen molar-refractivity contribution in [2.75, 3.05) is 26.8 Å². The van der Waals surface area contributed by atoms with E-state index in [9.17, 15) is 14.7 Å². The van der Waals surface area contributed by atoms with Gasteiger partial charge in [-0.3, -0.25) is 14.7 Å². The number of carbonyl (C=O) groups is 2. The van der Waals surface area contributed by atoms with E-state index in [2.05, 4.69) is 10.2 Å². The van der Waals surface area contributed by atoms with Crippen LogP contribution in [-0.2, 0) is 22.4 Å². The molecule has 1 aliphatic heterocycles. The van der Waals surface area contributed by atoms with Gasteiger partial charge in [-0.25, -0.2) is 0 Å². The number of likely N-dealkylation sites (tertiary alicyclic amines) is 1. The van der Waals surface area contributed by atoms with Gasteiger partial charge in [0, 0.05) is 38.1 Å². The number of amides is 1. The van der Waals surface area contributed by atoms with Crippen molar-refractivity contribution in [3.8, 4) is 0 Å². The van der Waals surface area contributed by atoms with Gasteiger partial charge < -0.3 is 14.7 Å². The summed E-state index contributed by atoms with van der Waals surface area (Å²) in [6.07, 6.45) is 6.52. The molecule has 2 heterocycles. The molecule has 0 aromatic carbocycles. The minimum absolute atomic E-state index is 0.128. The fourth-order valence-electron chi connectivity index (χ4n) is 4.15. The highest BCUT2D eigenvalue weighted by Crippen LogP contribution is 2.36. The number of methoxy groups -OCH3 is 1. The first-order chi connectivity index (χ1) is 12.1. The Hall–Kier alpha value is -1.89. The summed E-state index contributed by atoms with van der Waals surface area (Å²) < 4.78 is 5.07. The number of fused-ring (bicyclic) bond motifs is 1.